The van der Waals surface area contributed by atoms with E-state index in [1.54, 1.807) is 0 Å². The Morgan fingerprint density at radius 1 is 1.00 bits per heavy atom. The molecular weight excluding hydrogens is 208 g/mol. The normalized spacial score (nSPS) is 18.8. The van der Waals surface area contributed by atoms with Crippen LogP contribution in [0.4, 0.5) is 0 Å². The molecule has 0 spiro atoms. The van der Waals surface area contributed by atoms with Crippen molar-refractivity contribution in [2.75, 3.05) is 45.9 Å². The number of hydrogen-bond acceptors (Lipinski definition) is 4. The number of carboxylic acid groups (broad SMARTS) is 1. The third-order valence-corrected chi connectivity index (χ3v) is 2.96. The number of piperazine rings is 1. The second-order valence-electron chi connectivity index (χ2n) is 4.30. The van der Waals surface area contributed by atoms with E-state index in [0.717, 1.165) is 52.0 Å². The third kappa shape index (κ3) is 5.44. The lowest BCUT2D eigenvalue weighted by Crippen LogP contribution is -2.48. The van der Waals surface area contributed by atoms with Gasteiger partial charge < -0.3 is 15.1 Å². The molecule has 0 aromatic carbocycles. The monoisotopic (exact) mass is 230 g/mol. The number of rotatable bonds is 7. The molecule has 1 aliphatic heterocycles. The molecule has 0 aromatic heterocycles. The van der Waals surface area contributed by atoms with Crippen molar-refractivity contribution < 1.29 is 15.0 Å². The first-order chi connectivity index (χ1) is 7.72. The first-order valence-corrected chi connectivity index (χ1v) is 5.99. The maximum atomic E-state index is 10.5. The molecule has 1 heterocycles. The van der Waals surface area contributed by atoms with E-state index in [-0.39, 0.29) is 13.2 Å². The Balaban J connectivity index is 2.05. The Bertz CT molecular complexity index is 203. The van der Waals surface area contributed by atoms with Crippen LogP contribution in [0.25, 0.3) is 0 Å². The van der Waals surface area contributed by atoms with Gasteiger partial charge in [0.05, 0.1) is 6.54 Å². The maximum absolute atomic E-state index is 10.5. The lowest BCUT2D eigenvalue weighted by Gasteiger charge is -2.33. The number of nitrogens with zero attached hydrogens (tertiary/aromatic N) is 2. The standard InChI is InChI=1S/C11H22N2O3/c14-9-3-1-2-4-12-5-7-13(8-6-12)10-11(15)16/h14H,1-10H2,(H,15,16). The zero-order valence-corrected chi connectivity index (χ0v) is 9.77. The minimum absolute atomic E-state index is 0.165. The molecular formula is C11H22N2O3. The molecule has 0 atom stereocenters. The van der Waals surface area contributed by atoms with Crippen LogP contribution in [0.5, 0.6) is 0 Å². The predicted molar refractivity (Wildman–Crippen MR) is 61.5 cm³/mol. The molecule has 0 unspecified atom stereocenters. The molecule has 2 N–H and O–H groups in total. The molecule has 0 amide bonds. The first-order valence-electron chi connectivity index (χ1n) is 5.99. The van der Waals surface area contributed by atoms with Gasteiger partial charge in [0.15, 0.2) is 0 Å². The summed E-state index contributed by atoms with van der Waals surface area (Å²) in [6.07, 6.45) is 3.09. The van der Waals surface area contributed by atoms with Crippen LogP contribution in [0, 0.1) is 0 Å². The van der Waals surface area contributed by atoms with Gasteiger partial charge in [-0.3, -0.25) is 9.69 Å². The summed E-state index contributed by atoms with van der Waals surface area (Å²) in [4.78, 5) is 14.9. The van der Waals surface area contributed by atoms with Crippen LogP contribution in [0.2, 0.25) is 0 Å². The number of hydrogen-bond donors (Lipinski definition) is 2. The number of aliphatic hydroxyl groups is 1. The Hall–Kier alpha value is -0.650. The van der Waals surface area contributed by atoms with E-state index in [9.17, 15) is 4.79 Å². The van der Waals surface area contributed by atoms with Crippen molar-refractivity contribution in [3.05, 3.63) is 0 Å². The van der Waals surface area contributed by atoms with Crippen LogP contribution in [0.15, 0.2) is 0 Å². The molecule has 1 fully saturated rings. The van der Waals surface area contributed by atoms with E-state index in [1.807, 2.05) is 4.90 Å². The molecule has 5 heteroatoms. The van der Waals surface area contributed by atoms with Crippen LogP contribution in [-0.2, 0) is 4.79 Å². The average Bonchev–Trinajstić information content (AvgIpc) is 2.26. The summed E-state index contributed by atoms with van der Waals surface area (Å²) in [6.45, 7) is 5.16. The highest BCUT2D eigenvalue weighted by Crippen LogP contribution is 2.04. The smallest absolute Gasteiger partial charge is 0.317 e. The number of aliphatic hydroxyl groups excluding tert-OH is 1. The highest BCUT2D eigenvalue weighted by molar-refractivity contribution is 5.69. The van der Waals surface area contributed by atoms with Crippen molar-refractivity contribution in [1.29, 1.82) is 0 Å². The van der Waals surface area contributed by atoms with Crippen LogP contribution in [0.1, 0.15) is 19.3 Å². The highest BCUT2D eigenvalue weighted by atomic mass is 16.4. The fourth-order valence-electron chi connectivity index (χ4n) is 1.99. The van der Waals surface area contributed by atoms with Gasteiger partial charge in [-0.1, -0.05) is 0 Å². The Labute approximate surface area is 96.7 Å². The topological polar surface area (TPSA) is 64.0 Å². The molecule has 94 valence electrons. The van der Waals surface area contributed by atoms with Crippen molar-refractivity contribution in [1.82, 2.24) is 9.80 Å². The molecule has 0 saturated carbocycles. The van der Waals surface area contributed by atoms with Crippen molar-refractivity contribution in [3.63, 3.8) is 0 Å². The van der Waals surface area contributed by atoms with Gasteiger partial charge in [0.2, 0.25) is 0 Å². The molecule has 1 aliphatic rings. The van der Waals surface area contributed by atoms with Crippen molar-refractivity contribution in [2.24, 2.45) is 0 Å². The van der Waals surface area contributed by atoms with Crippen LogP contribution in [-0.4, -0.2) is 71.9 Å². The number of carbonyl (C=O) groups is 1. The van der Waals surface area contributed by atoms with E-state index < -0.39 is 5.97 Å². The van der Waals surface area contributed by atoms with Gasteiger partial charge in [-0.25, -0.2) is 0 Å². The quantitative estimate of drug-likeness (QED) is 0.596. The number of aliphatic carboxylic acids is 1. The summed E-state index contributed by atoms with van der Waals surface area (Å²) in [5, 5.41) is 17.3. The summed E-state index contributed by atoms with van der Waals surface area (Å²) in [5.74, 6) is -0.739. The first kappa shape index (κ1) is 13.4. The second kappa shape index (κ2) is 7.60. The molecule has 5 nitrogen and oxygen atoms in total. The fraction of sp³-hybridized carbons (Fsp3) is 0.909. The highest BCUT2D eigenvalue weighted by Gasteiger charge is 2.17. The molecule has 1 saturated heterocycles. The van der Waals surface area contributed by atoms with Gasteiger partial charge in [-0.05, 0) is 25.8 Å². The fourth-order valence-corrected chi connectivity index (χ4v) is 1.99. The largest absolute Gasteiger partial charge is 0.480 e. The van der Waals surface area contributed by atoms with Gasteiger partial charge in [-0.2, -0.15) is 0 Å². The molecule has 1 rings (SSSR count). The predicted octanol–water partition coefficient (Wildman–Crippen LogP) is -0.149. The van der Waals surface area contributed by atoms with E-state index >= 15 is 0 Å². The average molecular weight is 230 g/mol. The lowest BCUT2D eigenvalue weighted by molar-refractivity contribution is -0.138. The van der Waals surface area contributed by atoms with E-state index in [1.165, 1.54) is 0 Å². The van der Waals surface area contributed by atoms with Crippen molar-refractivity contribution in [3.8, 4) is 0 Å². The Kier molecular flexibility index (Phi) is 6.37. The zero-order chi connectivity index (χ0) is 11.8. The second-order valence-corrected chi connectivity index (χ2v) is 4.30. The molecule has 16 heavy (non-hydrogen) atoms. The maximum Gasteiger partial charge on any atom is 0.317 e. The third-order valence-electron chi connectivity index (χ3n) is 2.96. The molecule has 0 aliphatic carbocycles. The van der Waals surface area contributed by atoms with E-state index in [2.05, 4.69) is 4.90 Å². The van der Waals surface area contributed by atoms with Gasteiger partial charge in [-0.15, -0.1) is 0 Å². The minimum atomic E-state index is -0.739. The Morgan fingerprint density at radius 3 is 2.19 bits per heavy atom. The summed E-state index contributed by atoms with van der Waals surface area (Å²) < 4.78 is 0. The lowest BCUT2D eigenvalue weighted by atomic mass is 10.2. The van der Waals surface area contributed by atoms with Crippen LogP contribution in [0.3, 0.4) is 0 Å². The van der Waals surface area contributed by atoms with E-state index in [4.69, 9.17) is 10.2 Å². The zero-order valence-electron chi connectivity index (χ0n) is 9.77. The van der Waals surface area contributed by atoms with Crippen molar-refractivity contribution in [2.45, 2.75) is 19.3 Å². The minimum Gasteiger partial charge on any atom is -0.480 e. The number of carboxylic acids is 1. The summed E-state index contributed by atoms with van der Waals surface area (Å²) in [5.41, 5.74) is 0. The molecule has 0 radical (unpaired) electrons. The molecule has 0 aromatic rings. The van der Waals surface area contributed by atoms with Gasteiger partial charge >= 0.3 is 5.97 Å². The van der Waals surface area contributed by atoms with Gasteiger partial charge in [0, 0.05) is 32.8 Å². The van der Waals surface area contributed by atoms with Gasteiger partial charge in [0.1, 0.15) is 0 Å². The summed E-state index contributed by atoms with van der Waals surface area (Å²) in [7, 11) is 0. The summed E-state index contributed by atoms with van der Waals surface area (Å²) >= 11 is 0. The van der Waals surface area contributed by atoms with Gasteiger partial charge in [0.25, 0.3) is 0 Å². The van der Waals surface area contributed by atoms with E-state index in [0.29, 0.717) is 0 Å². The molecule has 0 bridgehead atoms. The number of unbranched alkanes of at least 4 members (excludes halogenated alkanes) is 2. The summed E-state index contributed by atoms with van der Waals surface area (Å²) in [6, 6.07) is 0. The Morgan fingerprint density at radius 2 is 1.62 bits per heavy atom. The SMILES string of the molecule is O=C(O)CN1CCN(CCCCCO)CC1. The van der Waals surface area contributed by atoms with Crippen molar-refractivity contribution >= 4 is 5.97 Å². The van der Waals surface area contributed by atoms with Crippen LogP contribution >= 0.6 is 0 Å². The van der Waals surface area contributed by atoms with Crippen LogP contribution < -0.4 is 0 Å².